The highest BCUT2D eigenvalue weighted by Gasteiger charge is 2.32. The molecule has 1 atom stereocenters. The van der Waals surface area contributed by atoms with Gasteiger partial charge in [0.25, 0.3) is 0 Å². The van der Waals surface area contributed by atoms with Gasteiger partial charge in [0.15, 0.2) is 0 Å². The first-order valence-electron chi connectivity index (χ1n) is 7.09. The van der Waals surface area contributed by atoms with Crippen molar-refractivity contribution in [1.82, 2.24) is 0 Å². The first-order valence-corrected chi connectivity index (χ1v) is 7.09. The number of benzene rings is 2. The van der Waals surface area contributed by atoms with Gasteiger partial charge >= 0.3 is 6.61 Å². The first-order chi connectivity index (χ1) is 10.2. The summed E-state index contributed by atoms with van der Waals surface area (Å²) >= 11 is 0. The zero-order valence-electron chi connectivity index (χ0n) is 11.5. The Morgan fingerprint density at radius 1 is 1.00 bits per heavy atom. The first kappa shape index (κ1) is 13.9. The van der Waals surface area contributed by atoms with Crippen LogP contribution in [-0.2, 0) is 0 Å². The summed E-state index contributed by atoms with van der Waals surface area (Å²) in [6, 6.07) is 17.2. The molecule has 2 aromatic rings. The Bertz CT molecular complexity index is 584. The zero-order chi connectivity index (χ0) is 14.7. The molecular formula is C17H17F2NO. The Labute approximate surface area is 122 Å². The van der Waals surface area contributed by atoms with Crippen molar-refractivity contribution >= 4 is 5.69 Å². The molecule has 3 rings (SSSR count). The molecule has 1 aliphatic carbocycles. The Morgan fingerprint density at radius 3 is 2.43 bits per heavy atom. The molecule has 0 bridgehead atoms. The second-order valence-electron chi connectivity index (χ2n) is 5.28. The lowest BCUT2D eigenvalue weighted by Crippen LogP contribution is -2.13. The molecule has 1 aliphatic rings. The van der Waals surface area contributed by atoms with Gasteiger partial charge in [-0.1, -0.05) is 36.4 Å². The topological polar surface area (TPSA) is 21.3 Å². The molecule has 0 saturated heterocycles. The summed E-state index contributed by atoms with van der Waals surface area (Å²) in [5, 5.41) is 3.45. The molecule has 21 heavy (non-hydrogen) atoms. The minimum absolute atomic E-state index is 0.178. The highest BCUT2D eigenvalue weighted by Crippen LogP contribution is 2.43. The van der Waals surface area contributed by atoms with Crippen LogP contribution < -0.4 is 10.1 Å². The maximum Gasteiger partial charge on any atom is 0.387 e. The quantitative estimate of drug-likeness (QED) is 0.820. The molecule has 0 heterocycles. The van der Waals surface area contributed by atoms with E-state index in [-0.39, 0.29) is 11.8 Å². The van der Waals surface area contributed by atoms with Crippen molar-refractivity contribution in [2.75, 3.05) is 5.32 Å². The van der Waals surface area contributed by atoms with Crippen LogP contribution in [0.1, 0.15) is 24.4 Å². The van der Waals surface area contributed by atoms with Gasteiger partial charge in [-0.3, -0.25) is 0 Å². The van der Waals surface area contributed by atoms with E-state index in [0.717, 1.165) is 5.69 Å². The number of ether oxygens (including phenoxy) is 1. The summed E-state index contributed by atoms with van der Waals surface area (Å²) < 4.78 is 29.0. The Hall–Kier alpha value is -2.10. The number of nitrogens with one attached hydrogen (secondary N) is 1. The molecule has 0 aromatic heterocycles. The molecule has 1 unspecified atom stereocenters. The summed E-state index contributed by atoms with van der Waals surface area (Å²) in [6.45, 7) is -2.80. The number of hydrogen-bond acceptors (Lipinski definition) is 2. The third-order valence-electron chi connectivity index (χ3n) is 3.63. The van der Waals surface area contributed by atoms with Gasteiger partial charge in [0.05, 0.1) is 6.04 Å². The van der Waals surface area contributed by atoms with Gasteiger partial charge in [-0.05, 0) is 36.5 Å². The Kier molecular flexibility index (Phi) is 4.04. The molecule has 2 aromatic carbocycles. The maximum atomic E-state index is 12.3. The largest absolute Gasteiger partial charge is 0.435 e. The SMILES string of the molecule is FC(F)Oc1cccc(NC(c2ccccc2)C2CC2)c1. The normalized spacial score (nSPS) is 15.8. The van der Waals surface area contributed by atoms with Crippen LogP contribution in [0.5, 0.6) is 5.75 Å². The summed E-state index contributed by atoms with van der Waals surface area (Å²) in [5.41, 5.74) is 2.02. The predicted octanol–water partition coefficient (Wildman–Crippen LogP) is 4.85. The average Bonchev–Trinajstić information content (AvgIpc) is 3.30. The monoisotopic (exact) mass is 289 g/mol. The van der Waals surface area contributed by atoms with Gasteiger partial charge in [-0.25, -0.2) is 0 Å². The lowest BCUT2D eigenvalue weighted by Gasteiger charge is -2.20. The number of anilines is 1. The van der Waals surface area contributed by atoms with Gasteiger partial charge in [0.1, 0.15) is 5.75 Å². The summed E-state index contributed by atoms with van der Waals surface area (Å²) in [6.07, 6.45) is 2.39. The van der Waals surface area contributed by atoms with Crippen molar-refractivity contribution < 1.29 is 13.5 Å². The number of halogens is 2. The molecule has 0 radical (unpaired) electrons. The highest BCUT2D eigenvalue weighted by molar-refractivity contribution is 5.50. The standard InChI is InChI=1S/C17H17F2NO/c18-17(19)21-15-8-4-7-14(11-15)20-16(13-9-10-13)12-5-2-1-3-6-12/h1-8,11,13,16-17,20H,9-10H2. The predicted molar refractivity (Wildman–Crippen MR) is 78.6 cm³/mol. The zero-order valence-corrected chi connectivity index (χ0v) is 11.5. The summed E-state index contributed by atoms with van der Waals surface area (Å²) in [7, 11) is 0. The van der Waals surface area contributed by atoms with E-state index in [0.29, 0.717) is 5.92 Å². The van der Waals surface area contributed by atoms with Crippen LogP contribution in [0.25, 0.3) is 0 Å². The van der Waals surface area contributed by atoms with E-state index >= 15 is 0 Å². The third kappa shape index (κ3) is 3.72. The summed E-state index contributed by atoms with van der Waals surface area (Å²) in [4.78, 5) is 0. The Morgan fingerprint density at radius 2 is 1.76 bits per heavy atom. The van der Waals surface area contributed by atoms with Crippen LogP contribution in [0.2, 0.25) is 0 Å². The van der Waals surface area contributed by atoms with E-state index < -0.39 is 6.61 Å². The van der Waals surface area contributed by atoms with E-state index in [1.54, 1.807) is 12.1 Å². The highest BCUT2D eigenvalue weighted by atomic mass is 19.3. The van der Waals surface area contributed by atoms with E-state index in [2.05, 4.69) is 22.2 Å². The fraction of sp³-hybridized carbons (Fsp3) is 0.294. The lowest BCUT2D eigenvalue weighted by molar-refractivity contribution is -0.0498. The van der Waals surface area contributed by atoms with Crippen LogP contribution in [-0.4, -0.2) is 6.61 Å². The van der Waals surface area contributed by atoms with Crippen molar-refractivity contribution in [3.63, 3.8) is 0 Å². The van der Waals surface area contributed by atoms with Gasteiger partial charge in [-0.2, -0.15) is 8.78 Å². The Balaban J connectivity index is 1.77. The van der Waals surface area contributed by atoms with Gasteiger partial charge in [0.2, 0.25) is 0 Å². The van der Waals surface area contributed by atoms with Crippen molar-refractivity contribution in [3.8, 4) is 5.75 Å². The van der Waals surface area contributed by atoms with Crippen molar-refractivity contribution in [2.45, 2.75) is 25.5 Å². The molecule has 110 valence electrons. The lowest BCUT2D eigenvalue weighted by atomic mass is 10.0. The van der Waals surface area contributed by atoms with E-state index in [4.69, 9.17) is 0 Å². The maximum absolute atomic E-state index is 12.3. The van der Waals surface area contributed by atoms with Crippen LogP contribution >= 0.6 is 0 Å². The van der Waals surface area contributed by atoms with E-state index in [9.17, 15) is 8.78 Å². The minimum Gasteiger partial charge on any atom is -0.435 e. The van der Waals surface area contributed by atoms with Crippen molar-refractivity contribution in [3.05, 3.63) is 60.2 Å². The average molecular weight is 289 g/mol. The van der Waals surface area contributed by atoms with E-state index in [1.807, 2.05) is 24.3 Å². The minimum atomic E-state index is -2.80. The van der Waals surface area contributed by atoms with E-state index in [1.165, 1.54) is 24.5 Å². The van der Waals surface area contributed by atoms with Gasteiger partial charge in [0, 0.05) is 11.8 Å². The number of rotatable bonds is 6. The molecule has 1 fully saturated rings. The fourth-order valence-corrected chi connectivity index (χ4v) is 2.50. The van der Waals surface area contributed by atoms with Gasteiger partial charge in [-0.15, -0.1) is 0 Å². The molecule has 1 saturated carbocycles. The van der Waals surface area contributed by atoms with Crippen LogP contribution in [0, 0.1) is 5.92 Å². The molecule has 2 nitrogen and oxygen atoms in total. The third-order valence-corrected chi connectivity index (χ3v) is 3.63. The molecule has 1 N–H and O–H groups in total. The molecule has 0 aliphatic heterocycles. The second kappa shape index (κ2) is 6.12. The fourth-order valence-electron chi connectivity index (χ4n) is 2.50. The number of hydrogen-bond donors (Lipinski definition) is 1. The van der Waals surface area contributed by atoms with Crippen LogP contribution in [0.4, 0.5) is 14.5 Å². The van der Waals surface area contributed by atoms with Gasteiger partial charge < -0.3 is 10.1 Å². The summed E-state index contributed by atoms with van der Waals surface area (Å²) in [5.74, 6) is 0.782. The molecule has 0 spiro atoms. The smallest absolute Gasteiger partial charge is 0.387 e. The van der Waals surface area contributed by atoms with Crippen LogP contribution in [0.3, 0.4) is 0 Å². The second-order valence-corrected chi connectivity index (χ2v) is 5.28. The van der Waals surface area contributed by atoms with Crippen molar-refractivity contribution in [1.29, 1.82) is 0 Å². The molecule has 0 amide bonds. The molecule has 4 heteroatoms. The van der Waals surface area contributed by atoms with Crippen molar-refractivity contribution in [2.24, 2.45) is 5.92 Å². The van der Waals surface area contributed by atoms with Crippen LogP contribution in [0.15, 0.2) is 54.6 Å². The number of alkyl halides is 2. The molecular weight excluding hydrogens is 272 g/mol.